The molecule has 14 heteroatoms. The van der Waals surface area contributed by atoms with E-state index in [1.54, 1.807) is 41.7 Å². The van der Waals surface area contributed by atoms with Crippen molar-refractivity contribution in [1.29, 1.82) is 0 Å². The minimum atomic E-state index is -1.84. The zero-order valence-corrected chi connectivity index (χ0v) is 64.2. The molecule has 0 saturated carbocycles. The van der Waals surface area contributed by atoms with Gasteiger partial charge in [0.2, 0.25) is 0 Å². The lowest BCUT2D eigenvalue weighted by atomic mass is 9.78. The third-order valence-corrected chi connectivity index (χ3v) is 27.3. The van der Waals surface area contributed by atoms with Crippen LogP contribution in [0.25, 0.3) is 147 Å². The molecule has 530 valence electrons. The molecule has 1 aliphatic rings. The summed E-state index contributed by atoms with van der Waals surface area (Å²) in [4.78, 5) is 21.7. The van der Waals surface area contributed by atoms with E-state index >= 15 is 0 Å². The average Bonchev–Trinajstić information content (AvgIpc) is 1.58. The van der Waals surface area contributed by atoms with Gasteiger partial charge in [0, 0.05) is 93.3 Å². The van der Waals surface area contributed by atoms with E-state index in [-0.39, 0.29) is 21.8 Å². The van der Waals surface area contributed by atoms with Gasteiger partial charge in [-0.3, -0.25) is 20.2 Å². The smallest absolute Gasteiger partial charge is 0.423 e. The highest BCUT2D eigenvalue weighted by Gasteiger charge is 2.26. The Labute approximate surface area is 660 Å². The molecule has 0 amide bonds. The number of nitro groups is 2. The van der Waals surface area contributed by atoms with Gasteiger partial charge in [0.15, 0.2) is 0 Å². The van der Waals surface area contributed by atoms with Crippen LogP contribution in [-0.2, 0) is 6.42 Å². The van der Waals surface area contributed by atoms with Crippen LogP contribution in [0.1, 0.15) is 11.1 Å². The highest BCUT2D eigenvalue weighted by Crippen LogP contribution is 2.47. The lowest BCUT2D eigenvalue weighted by Gasteiger charge is -2.18. The number of rotatable bonds is 7. The number of halogens is 1. The van der Waals surface area contributed by atoms with Crippen molar-refractivity contribution in [3.63, 3.8) is 0 Å². The summed E-state index contributed by atoms with van der Waals surface area (Å²) in [5, 5.41) is 66.5. The normalized spacial score (nSPS) is 11.6. The van der Waals surface area contributed by atoms with Crippen LogP contribution < -0.4 is 21.4 Å². The van der Waals surface area contributed by atoms with E-state index in [0.29, 0.717) is 10.9 Å². The van der Waals surface area contributed by atoms with Crippen molar-refractivity contribution in [2.24, 2.45) is 0 Å². The Bertz CT molecular complexity index is 7130. The molecule has 8 nitrogen and oxygen atoms in total. The molecule has 0 unspecified atom stereocenters. The van der Waals surface area contributed by atoms with Crippen molar-refractivity contribution in [1.82, 2.24) is 0 Å². The third kappa shape index (κ3) is 13.8. The van der Waals surface area contributed by atoms with E-state index in [1.165, 1.54) is 143 Å². The molecule has 0 atom stereocenters. The van der Waals surface area contributed by atoms with Crippen LogP contribution in [0.15, 0.2) is 362 Å². The van der Waals surface area contributed by atoms with Crippen LogP contribution in [0.2, 0.25) is 0 Å². The Morgan fingerprint density at radius 3 is 1.13 bits per heavy atom. The molecule has 2 N–H and O–H groups in total. The second-order valence-corrected chi connectivity index (χ2v) is 33.7. The molecule has 0 radical (unpaired) electrons. The first-order chi connectivity index (χ1) is 54.4. The highest BCUT2D eigenvalue weighted by molar-refractivity contribution is 9.10. The summed E-state index contributed by atoms with van der Waals surface area (Å²) in [6, 6.07) is 124. The van der Waals surface area contributed by atoms with Crippen molar-refractivity contribution in [2.45, 2.75) is 6.42 Å². The molecule has 21 aromatic rings. The number of fused-ring (bicyclic) bond motifs is 21. The van der Waals surface area contributed by atoms with Crippen molar-refractivity contribution < 1.29 is 19.9 Å². The topological polar surface area (TPSA) is 127 Å². The van der Waals surface area contributed by atoms with Crippen LogP contribution in [0, 0.1) is 20.2 Å². The van der Waals surface area contributed by atoms with Gasteiger partial charge in [-0.2, -0.15) is 0 Å². The van der Waals surface area contributed by atoms with E-state index in [1.807, 2.05) is 59.1 Å². The summed E-state index contributed by atoms with van der Waals surface area (Å²) >= 11 is 9.14. The zero-order valence-electron chi connectivity index (χ0n) is 59.3. The minimum Gasteiger partial charge on any atom is -0.423 e. The molecule has 3 heterocycles. The molecule has 0 aliphatic heterocycles. The summed E-state index contributed by atoms with van der Waals surface area (Å²) in [5.74, 6) is 0. The summed E-state index contributed by atoms with van der Waals surface area (Å²) < 4.78 is 9.14. The Morgan fingerprint density at radius 2 is 0.658 bits per heavy atom. The van der Waals surface area contributed by atoms with Gasteiger partial charge < -0.3 is 10.0 Å². The van der Waals surface area contributed by atoms with E-state index in [4.69, 9.17) is 10.0 Å². The lowest BCUT2D eigenvalue weighted by molar-refractivity contribution is -0.384. The van der Waals surface area contributed by atoms with E-state index < -0.39 is 20.0 Å². The largest absolute Gasteiger partial charge is 0.495 e. The second kappa shape index (κ2) is 30.4. The molecule has 0 spiro atoms. The quantitative estimate of drug-likeness (QED) is 0.0708. The van der Waals surface area contributed by atoms with Gasteiger partial charge in [0.25, 0.3) is 11.4 Å². The summed E-state index contributed by atoms with van der Waals surface area (Å²) in [7, 11) is -2.29. The van der Waals surface area contributed by atoms with Crippen molar-refractivity contribution in [3.8, 4) is 22.3 Å². The standard InChI is InChI=1S/C27H16S.C26H15NO2S.C18H15P.C16H9BrS.C10H8BNO4/c1-2-6-17-14-23-19(11-16(17)5-1)13-20-12-18-9-10-22-21-7-3-4-8-26(21)28-27(22)25(18)15-24(20)23;28-27(29)24-15-18-6-2-1-5-17(18)13-22(24)19-10-9-16-11-12-21-20-7-3-4-8-25(20)30-26(21)23(16)14-19;1-4-10-16(11-5-1)19(17-12-6-2-7-13-17)18-14-8-3-9-15-18;17-11-7-5-10-6-8-13-12-3-1-2-4-15(12)18-16(13)14(10)9-11;13-11(14)9-5-7-3-1-2-4-8(7)6-10(9)12(15)16/h1-12,14-15H,13H2;1-15H;1-15H;1-9H;1-6,13-14H. The number of hydrogen-bond donors (Lipinski definition) is 2. The number of nitrogens with zero attached hydrogens (tertiary/aromatic N) is 2. The zero-order chi connectivity index (χ0) is 75.2. The molecule has 0 fully saturated rings. The third-order valence-electron chi connectivity index (χ3n) is 20.7. The van der Waals surface area contributed by atoms with Crippen LogP contribution in [0.4, 0.5) is 11.4 Å². The van der Waals surface area contributed by atoms with Crippen LogP contribution in [0.5, 0.6) is 0 Å². The van der Waals surface area contributed by atoms with E-state index in [9.17, 15) is 20.2 Å². The molecule has 22 rings (SSSR count). The Morgan fingerprint density at radius 1 is 0.306 bits per heavy atom. The number of thiophene rings is 3. The Hall–Kier alpha value is -12.1. The highest BCUT2D eigenvalue weighted by atomic mass is 79.9. The molecule has 3 aromatic heterocycles. The lowest BCUT2D eigenvalue weighted by Crippen LogP contribution is -2.31. The first-order valence-electron chi connectivity index (χ1n) is 36.3. The predicted molar refractivity (Wildman–Crippen MR) is 479 cm³/mol. The Kier molecular flexibility index (Phi) is 19.3. The van der Waals surface area contributed by atoms with Crippen molar-refractivity contribution >= 4 is 223 Å². The number of hydrogen-bond acceptors (Lipinski definition) is 9. The summed E-state index contributed by atoms with van der Waals surface area (Å²) in [6.45, 7) is 0. The molecular formula is C97H63BBrN2O6PS3. The van der Waals surface area contributed by atoms with Gasteiger partial charge in [-0.25, -0.2) is 0 Å². The number of benzene rings is 18. The van der Waals surface area contributed by atoms with Crippen molar-refractivity contribution in [3.05, 3.63) is 394 Å². The van der Waals surface area contributed by atoms with E-state index in [0.717, 1.165) is 43.4 Å². The van der Waals surface area contributed by atoms with Crippen LogP contribution >= 0.6 is 57.9 Å². The predicted octanol–water partition coefficient (Wildman–Crippen LogP) is 25.7. The molecule has 111 heavy (non-hydrogen) atoms. The SMILES string of the molecule is Brc1ccc2ccc3c4ccccc4sc3c2c1.O=[N+]([O-])c1cc2ccccc2cc1-c1ccc2ccc3c4ccccc4sc3c2c1.O=[N+]([O-])c1cc2ccccc2cc1B(O)O.c1ccc(P(c2ccccc2)c2ccccc2)cc1.c1ccc2cc3c(cc2c1)Cc1cc2ccc4c5ccccc5sc4c2cc1-3. The maximum atomic E-state index is 11.8. The van der Waals surface area contributed by atoms with E-state index in [2.05, 4.69) is 295 Å². The maximum absolute atomic E-state index is 11.8. The molecular weight excluding hydrogens is 1510 g/mol. The first kappa shape index (κ1) is 70.5. The Balaban J connectivity index is 0.0000000994. The first-order valence-corrected chi connectivity index (χ1v) is 40.9. The molecule has 1 aliphatic carbocycles. The minimum absolute atomic E-state index is 0.0938. The van der Waals surface area contributed by atoms with Gasteiger partial charge >= 0.3 is 7.12 Å². The second-order valence-electron chi connectivity index (χ2n) is 27.4. The van der Waals surface area contributed by atoms with Gasteiger partial charge in [0.05, 0.1) is 20.9 Å². The van der Waals surface area contributed by atoms with Gasteiger partial charge in [-0.1, -0.05) is 301 Å². The fraction of sp³-hybridized carbons (Fsp3) is 0.0103. The van der Waals surface area contributed by atoms with Gasteiger partial charge in [-0.05, 0) is 167 Å². The van der Waals surface area contributed by atoms with Gasteiger partial charge in [-0.15, -0.1) is 34.0 Å². The summed E-state index contributed by atoms with van der Waals surface area (Å²) in [6.07, 6.45) is 1.04. The fourth-order valence-electron chi connectivity index (χ4n) is 15.4. The van der Waals surface area contributed by atoms with Gasteiger partial charge in [0.1, 0.15) is 0 Å². The molecule has 0 saturated heterocycles. The van der Waals surface area contributed by atoms with Crippen LogP contribution in [0.3, 0.4) is 0 Å². The maximum Gasteiger partial charge on any atom is 0.495 e. The fourth-order valence-corrected chi connectivity index (χ4v) is 21.8. The van der Waals surface area contributed by atoms with Crippen molar-refractivity contribution in [2.75, 3.05) is 0 Å². The molecule has 0 bridgehead atoms. The average molecular weight is 1570 g/mol. The molecule has 18 aromatic carbocycles. The van der Waals surface area contributed by atoms with Crippen LogP contribution in [-0.4, -0.2) is 27.0 Å². The number of nitro benzene ring substituents is 2. The summed E-state index contributed by atoms with van der Waals surface area (Å²) in [5.41, 5.74) is 7.01. The monoisotopic (exact) mass is 1570 g/mol.